The largest absolute Gasteiger partial charge is 0.375 e. The Kier molecular flexibility index (Phi) is 2.91. The maximum atomic E-state index is 4.36. The Bertz CT molecular complexity index is 702. The average molecular weight is 252 g/mol. The van der Waals surface area contributed by atoms with Gasteiger partial charge in [0.05, 0.1) is 11.6 Å². The molecule has 1 atom stereocenters. The van der Waals surface area contributed by atoms with Crippen molar-refractivity contribution < 1.29 is 0 Å². The first-order valence-electron chi connectivity index (χ1n) is 6.32. The number of aryl methyl sites for hydroxylation is 1. The third-order valence-electron chi connectivity index (χ3n) is 3.23. The monoisotopic (exact) mass is 252 g/mol. The van der Waals surface area contributed by atoms with Crippen molar-refractivity contribution in [2.75, 3.05) is 5.32 Å². The lowest BCUT2D eigenvalue weighted by Gasteiger charge is -2.15. The van der Waals surface area contributed by atoms with Crippen LogP contribution in [0.15, 0.2) is 48.9 Å². The highest BCUT2D eigenvalue weighted by Gasteiger charge is 2.09. The van der Waals surface area contributed by atoms with Crippen LogP contribution in [0.2, 0.25) is 0 Å². The SMILES string of the molecule is CC(Nc1ccc2ncccc2c1)c1nccn1C. The Morgan fingerprint density at radius 1 is 1.16 bits per heavy atom. The van der Waals surface area contributed by atoms with Crippen molar-refractivity contribution in [2.45, 2.75) is 13.0 Å². The molecule has 0 amide bonds. The fourth-order valence-electron chi connectivity index (χ4n) is 2.27. The minimum absolute atomic E-state index is 0.161. The van der Waals surface area contributed by atoms with E-state index in [2.05, 4.69) is 40.4 Å². The Morgan fingerprint density at radius 2 is 2.05 bits per heavy atom. The van der Waals surface area contributed by atoms with Gasteiger partial charge in [-0.25, -0.2) is 4.98 Å². The van der Waals surface area contributed by atoms with E-state index in [1.165, 1.54) is 0 Å². The van der Waals surface area contributed by atoms with Crippen LogP contribution in [-0.2, 0) is 7.05 Å². The standard InChI is InChI=1S/C15H16N4/c1-11(15-17-8-9-19(15)2)18-13-5-6-14-12(10-13)4-3-7-16-14/h3-11,18H,1-2H3. The summed E-state index contributed by atoms with van der Waals surface area (Å²) in [7, 11) is 2.00. The lowest BCUT2D eigenvalue weighted by Crippen LogP contribution is -2.11. The summed E-state index contributed by atoms with van der Waals surface area (Å²) in [5.74, 6) is 1.02. The second kappa shape index (κ2) is 4.72. The van der Waals surface area contributed by atoms with Crippen LogP contribution in [0.3, 0.4) is 0 Å². The van der Waals surface area contributed by atoms with E-state index in [1.54, 1.807) is 0 Å². The molecule has 0 aliphatic rings. The molecule has 0 aliphatic carbocycles. The molecule has 0 radical (unpaired) electrons. The zero-order valence-electron chi connectivity index (χ0n) is 11.0. The first-order valence-corrected chi connectivity index (χ1v) is 6.32. The molecule has 0 saturated heterocycles. The highest BCUT2D eigenvalue weighted by atomic mass is 15.1. The van der Waals surface area contributed by atoms with Gasteiger partial charge in [-0.1, -0.05) is 6.07 Å². The lowest BCUT2D eigenvalue weighted by atomic mass is 10.2. The molecule has 1 aromatic carbocycles. The number of aromatic nitrogens is 3. The van der Waals surface area contributed by atoms with E-state index in [0.717, 1.165) is 22.4 Å². The van der Waals surface area contributed by atoms with E-state index in [-0.39, 0.29) is 6.04 Å². The molecule has 4 nitrogen and oxygen atoms in total. The van der Waals surface area contributed by atoms with Crippen LogP contribution >= 0.6 is 0 Å². The number of benzene rings is 1. The van der Waals surface area contributed by atoms with Crippen molar-refractivity contribution in [3.05, 3.63) is 54.7 Å². The van der Waals surface area contributed by atoms with Crippen LogP contribution in [0.1, 0.15) is 18.8 Å². The molecular formula is C15H16N4. The van der Waals surface area contributed by atoms with Gasteiger partial charge in [0.2, 0.25) is 0 Å². The molecule has 0 aliphatic heterocycles. The maximum absolute atomic E-state index is 4.36. The second-order valence-electron chi connectivity index (χ2n) is 4.67. The van der Waals surface area contributed by atoms with Crippen LogP contribution < -0.4 is 5.32 Å². The minimum Gasteiger partial charge on any atom is -0.375 e. The Morgan fingerprint density at radius 3 is 2.84 bits per heavy atom. The summed E-state index contributed by atoms with van der Waals surface area (Å²) in [5.41, 5.74) is 2.09. The number of nitrogens with zero attached hydrogens (tertiary/aromatic N) is 3. The number of imidazole rings is 1. The van der Waals surface area contributed by atoms with E-state index in [0.29, 0.717) is 0 Å². The number of hydrogen-bond donors (Lipinski definition) is 1. The lowest BCUT2D eigenvalue weighted by molar-refractivity contribution is 0.722. The van der Waals surface area contributed by atoms with Gasteiger partial charge in [-0.15, -0.1) is 0 Å². The average Bonchev–Trinajstić information content (AvgIpc) is 2.85. The molecular weight excluding hydrogens is 236 g/mol. The van der Waals surface area contributed by atoms with Crippen molar-refractivity contribution in [3.63, 3.8) is 0 Å². The summed E-state index contributed by atoms with van der Waals surface area (Å²) < 4.78 is 2.03. The number of anilines is 1. The molecule has 0 bridgehead atoms. The predicted molar refractivity (Wildman–Crippen MR) is 77.0 cm³/mol. The van der Waals surface area contributed by atoms with Crippen LogP contribution in [0.25, 0.3) is 10.9 Å². The summed E-state index contributed by atoms with van der Waals surface area (Å²) in [6.45, 7) is 2.11. The summed E-state index contributed by atoms with van der Waals surface area (Å²) in [5, 5.41) is 4.60. The minimum atomic E-state index is 0.161. The van der Waals surface area contributed by atoms with Crippen LogP contribution in [0.4, 0.5) is 5.69 Å². The Labute approximate surface area is 112 Å². The molecule has 1 N–H and O–H groups in total. The van der Waals surface area contributed by atoms with Crippen LogP contribution in [0, 0.1) is 0 Å². The summed E-state index contributed by atoms with van der Waals surface area (Å²) in [6, 6.07) is 10.4. The van der Waals surface area contributed by atoms with Crippen LogP contribution in [0.5, 0.6) is 0 Å². The third-order valence-corrected chi connectivity index (χ3v) is 3.23. The Hall–Kier alpha value is -2.36. The summed E-state index contributed by atoms with van der Waals surface area (Å²) >= 11 is 0. The van der Waals surface area contributed by atoms with E-state index in [4.69, 9.17) is 0 Å². The van der Waals surface area contributed by atoms with Crippen molar-refractivity contribution in [3.8, 4) is 0 Å². The molecule has 2 aromatic heterocycles. The molecule has 3 aromatic rings. The van der Waals surface area contributed by atoms with Gasteiger partial charge in [0.15, 0.2) is 0 Å². The number of hydrogen-bond acceptors (Lipinski definition) is 3. The number of nitrogens with one attached hydrogen (secondary N) is 1. The van der Waals surface area contributed by atoms with E-state index in [9.17, 15) is 0 Å². The van der Waals surface area contributed by atoms with Crippen molar-refractivity contribution in [1.82, 2.24) is 14.5 Å². The van der Waals surface area contributed by atoms with Gasteiger partial charge >= 0.3 is 0 Å². The van der Waals surface area contributed by atoms with Gasteiger partial charge in [-0.2, -0.15) is 0 Å². The third kappa shape index (κ3) is 2.29. The van der Waals surface area contributed by atoms with E-state index in [1.807, 2.05) is 42.3 Å². The van der Waals surface area contributed by atoms with Gasteiger partial charge < -0.3 is 9.88 Å². The predicted octanol–water partition coefficient (Wildman–Crippen LogP) is 3.14. The molecule has 0 spiro atoms. The normalized spacial score (nSPS) is 12.5. The first kappa shape index (κ1) is 11.7. The van der Waals surface area contributed by atoms with E-state index >= 15 is 0 Å². The number of rotatable bonds is 3. The first-order chi connectivity index (χ1) is 9.24. The van der Waals surface area contributed by atoms with E-state index < -0.39 is 0 Å². The highest BCUT2D eigenvalue weighted by Crippen LogP contribution is 2.21. The fourth-order valence-corrected chi connectivity index (χ4v) is 2.27. The van der Waals surface area contributed by atoms with Crippen LogP contribution in [-0.4, -0.2) is 14.5 Å². The van der Waals surface area contributed by atoms with Gasteiger partial charge in [0.1, 0.15) is 5.82 Å². The topological polar surface area (TPSA) is 42.7 Å². The molecule has 19 heavy (non-hydrogen) atoms. The molecule has 0 fully saturated rings. The van der Waals surface area contributed by atoms with Crippen molar-refractivity contribution in [1.29, 1.82) is 0 Å². The fraction of sp³-hybridized carbons (Fsp3) is 0.200. The van der Waals surface area contributed by atoms with Crippen molar-refractivity contribution >= 4 is 16.6 Å². The zero-order valence-corrected chi connectivity index (χ0v) is 11.0. The molecule has 1 unspecified atom stereocenters. The molecule has 96 valence electrons. The van der Waals surface area contributed by atoms with Gasteiger partial charge in [0, 0.05) is 36.7 Å². The number of fused-ring (bicyclic) bond motifs is 1. The molecule has 0 saturated carbocycles. The Balaban J connectivity index is 1.87. The van der Waals surface area contributed by atoms with Gasteiger partial charge in [-0.3, -0.25) is 4.98 Å². The molecule has 2 heterocycles. The molecule has 4 heteroatoms. The summed E-state index contributed by atoms with van der Waals surface area (Å²) in [6.07, 6.45) is 5.58. The summed E-state index contributed by atoms with van der Waals surface area (Å²) in [4.78, 5) is 8.68. The molecule has 3 rings (SSSR count). The smallest absolute Gasteiger partial charge is 0.130 e. The zero-order chi connectivity index (χ0) is 13.2. The van der Waals surface area contributed by atoms with Gasteiger partial charge in [-0.05, 0) is 31.2 Å². The number of pyridine rings is 1. The van der Waals surface area contributed by atoms with Crippen molar-refractivity contribution in [2.24, 2.45) is 7.05 Å². The highest BCUT2D eigenvalue weighted by molar-refractivity contribution is 5.82. The van der Waals surface area contributed by atoms with Gasteiger partial charge in [0.25, 0.3) is 0 Å². The maximum Gasteiger partial charge on any atom is 0.130 e. The second-order valence-corrected chi connectivity index (χ2v) is 4.67. The quantitative estimate of drug-likeness (QED) is 0.778.